The first-order chi connectivity index (χ1) is 14.2. The summed E-state index contributed by atoms with van der Waals surface area (Å²) in [6.45, 7) is 5.08. The van der Waals surface area contributed by atoms with Gasteiger partial charge in [-0.15, -0.1) is 0 Å². The molecule has 0 saturated carbocycles. The van der Waals surface area contributed by atoms with Gasteiger partial charge in [0.25, 0.3) is 0 Å². The molecular formula is C23H22O6S. The molecule has 7 heteroatoms. The minimum atomic E-state index is -3.91. The topological polar surface area (TPSA) is 89.9 Å². The van der Waals surface area contributed by atoms with Crippen LogP contribution in [0, 0.1) is 13.8 Å². The molecule has 0 fully saturated rings. The Morgan fingerprint density at radius 1 is 0.933 bits per heavy atom. The van der Waals surface area contributed by atoms with E-state index in [0.717, 1.165) is 11.1 Å². The maximum atomic E-state index is 12.9. The predicted molar refractivity (Wildman–Crippen MR) is 112 cm³/mol. The van der Waals surface area contributed by atoms with Gasteiger partial charge < -0.3 is 14.6 Å². The number of ketones is 1. The minimum Gasteiger partial charge on any atom is -0.507 e. The number of hydrogen-bond donors (Lipinski definition) is 1. The number of sulfone groups is 1. The van der Waals surface area contributed by atoms with Gasteiger partial charge in [0.2, 0.25) is 9.84 Å². The van der Waals surface area contributed by atoms with Crippen molar-refractivity contribution in [3.63, 3.8) is 0 Å². The lowest BCUT2D eigenvalue weighted by Gasteiger charge is -2.15. The second-order valence-corrected chi connectivity index (χ2v) is 8.84. The van der Waals surface area contributed by atoms with E-state index in [9.17, 15) is 18.3 Å². The van der Waals surface area contributed by atoms with Gasteiger partial charge in [0.1, 0.15) is 34.5 Å². The number of benzene rings is 3. The zero-order valence-electron chi connectivity index (χ0n) is 16.9. The number of phenols is 1. The number of hydrogen-bond acceptors (Lipinski definition) is 6. The number of aryl methyl sites for hydroxylation is 2. The average Bonchev–Trinajstić information content (AvgIpc) is 2.71. The van der Waals surface area contributed by atoms with Crippen molar-refractivity contribution in [3.8, 4) is 23.0 Å². The third-order valence-corrected chi connectivity index (χ3v) is 6.17. The molecule has 0 saturated heterocycles. The second kappa shape index (κ2) is 8.59. The normalized spacial score (nSPS) is 11.2. The molecule has 0 aliphatic carbocycles. The lowest BCUT2D eigenvalue weighted by molar-refractivity contribution is -0.118. The van der Waals surface area contributed by atoms with Crippen LogP contribution in [0.2, 0.25) is 0 Å². The van der Waals surface area contributed by atoms with Crippen LogP contribution < -0.4 is 9.47 Å². The fourth-order valence-electron chi connectivity index (χ4n) is 2.96. The van der Waals surface area contributed by atoms with Crippen molar-refractivity contribution in [1.82, 2.24) is 0 Å². The van der Waals surface area contributed by atoms with E-state index in [1.54, 1.807) is 30.3 Å². The van der Waals surface area contributed by atoms with Gasteiger partial charge in [-0.3, -0.25) is 4.79 Å². The van der Waals surface area contributed by atoms with Crippen LogP contribution in [0.4, 0.5) is 0 Å². The van der Waals surface area contributed by atoms with Crippen molar-refractivity contribution in [2.24, 2.45) is 0 Å². The van der Waals surface area contributed by atoms with Crippen LogP contribution in [0.15, 0.2) is 70.5 Å². The molecule has 1 N–H and O–H groups in total. The van der Waals surface area contributed by atoms with Crippen LogP contribution >= 0.6 is 0 Å². The maximum absolute atomic E-state index is 12.9. The highest BCUT2D eigenvalue weighted by Gasteiger charge is 2.22. The molecule has 0 aromatic heterocycles. The van der Waals surface area contributed by atoms with Crippen LogP contribution in [-0.2, 0) is 14.6 Å². The molecule has 0 radical (unpaired) electrons. The molecule has 0 unspecified atom stereocenters. The summed E-state index contributed by atoms with van der Waals surface area (Å²) >= 11 is 0. The summed E-state index contributed by atoms with van der Waals surface area (Å²) in [4.78, 5) is 11.0. The Morgan fingerprint density at radius 2 is 1.57 bits per heavy atom. The summed E-state index contributed by atoms with van der Waals surface area (Å²) in [5.41, 5.74) is 1.52. The van der Waals surface area contributed by atoms with Gasteiger partial charge in [0.15, 0.2) is 5.78 Å². The largest absolute Gasteiger partial charge is 0.507 e. The third kappa shape index (κ3) is 4.63. The highest BCUT2D eigenvalue weighted by atomic mass is 32.2. The highest BCUT2D eigenvalue weighted by molar-refractivity contribution is 7.91. The fourth-order valence-corrected chi connectivity index (χ4v) is 4.34. The van der Waals surface area contributed by atoms with Crippen molar-refractivity contribution >= 4 is 15.6 Å². The van der Waals surface area contributed by atoms with Gasteiger partial charge in [-0.05, 0) is 68.3 Å². The minimum absolute atomic E-state index is 0.0161. The van der Waals surface area contributed by atoms with Crippen molar-refractivity contribution in [2.75, 3.05) is 6.61 Å². The number of aromatic hydroxyl groups is 1. The van der Waals surface area contributed by atoms with E-state index < -0.39 is 9.84 Å². The van der Waals surface area contributed by atoms with Crippen molar-refractivity contribution in [3.05, 3.63) is 71.8 Å². The van der Waals surface area contributed by atoms with E-state index >= 15 is 0 Å². The second-order valence-electron chi connectivity index (χ2n) is 6.92. The molecule has 3 aromatic rings. The Bertz CT molecular complexity index is 1160. The predicted octanol–water partition coefficient (Wildman–Crippen LogP) is 4.60. The fraction of sp³-hybridized carbons (Fsp3) is 0.174. The first-order valence-electron chi connectivity index (χ1n) is 9.23. The monoisotopic (exact) mass is 426 g/mol. The Labute approximate surface area is 175 Å². The highest BCUT2D eigenvalue weighted by Crippen LogP contribution is 2.36. The molecular weight excluding hydrogens is 404 g/mol. The Morgan fingerprint density at radius 3 is 2.17 bits per heavy atom. The third-order valence-electron chi connectivity index (χ3n) is 4.37. The molecule has 6 nitrogen and oxygen atoms in total. The van der Waals surface area contributed by atoms with Crippen LogP contribution in [0.5, 0.6) is 23.0 Å². The summed E-state index contributed by atoms with van der Waals surface area (Å²) in [6.07, 6.45) is 0. The molecule has 0 bridgehead atoms. The maximum Gasteiger partial charge on any atom is 0.210 e. The lowest BCUT2D eigenvalue weighted by atomic mass is 10.1. The molecule has 0 aliphatic heterocycles. The molecule has 0 heterocycles. The average molecular weight is 426 g/mol. The van der Waals surface area contributed by atoms with Crippen LogP contribution in [0.25, 0.3) is 0 Å². The molecule has 3 aromatic carbocycles. The van der Waals surface area contributed by atoms with Gasteiger partial charge in [-0.25, -0.2) is 8.42 Å². The Hall–Kier alpha value is -3.32. The van der Waals surface area contributed by atoms with Gasteiger partial charge in [-0.2, -0.15) is 0 Å². The van der Waals surface area contributed by atoms with Crippen molar-refractivity contribution in [2.45, 2.75) is 30.6 Å². The number of ether oxygens (including phenoxy) is 2. The van der Waals surface area contributed by atoms with E-state index in [1.807, 2.05) is 13.8 Å². The van der Waals surface area contributed by atoms with Gasteiger partial charge in [0, 0.05) is 6.07 Å². The summed E-state index contributed by atoms with van der Waals surface area (Å²) in [6, 6.07) is 15.5. The smallest absolute Gasteiger partial charge is 0.210 e. The summed E-state index contributed by atoms with van der Waals surface area (Å²) in [5.74, 6) is 0.921. The van der Waals surface area contributed by atoms with E-state index in [1.165, 1.54) is 37.3 Å². The molecule has 30 heavy (non-hydrogen) atoms. The zero-order valence-corrected chi connectivity index (χ0v) is 17.7. The molecule has 156 valence electrons. The molecule has 0 amide bonds. The quantitative estimate of drug-likeness (QED) is 0.594. The Kier molecular flexibility index (Phi) is 6.12. The zero-order chi connectivity index (χ0) is 21.9. The van der Waals surface area contributed by atoms with E-state index in [2.05, 4.69) is 0 Å². The van der Waals surface area contributed by atoms with Crippen molar-refractivity contribution in [1.29, 1.82) is 0 Å². The number of carbonyl (C=O) groups excluding carboxylic acids is 1. The molecule has 0 spiro atoms. The number of Topliss-reactive ketones (excluding diaryl/α,β-unsaturated/α-hetero) is 1. The number of rotatable bonds is 7. The van der Waals surface area contributed by atoms with E-state index in [0.29, 0.717) is 11.5 Å². The van der Waals surface area contributed by atoms with Gasteiger partial charge >= 0.3 is 0 Å². The first-order valence-corrected chi connectivity index (χ1v) is 10.7. The first kappa shape index (κ1) is 21.4. The van der Waals surface area contributed by atoms with Gasteiger partial charge in [-0.1, -0.05) is 18.2 Å². The molecule has 3 rings (SSSR count). The van der Waals surface area contributed by atoms with E-state index in [-0.39, 0.29) is 33.7 Å². The summed E-state index contributed by atoms with van der Waals surface area (Å²) < 4.78 is 37.2. The summed E-state index contributed by atoms with van der Waals surface area (Å²) in [5, 5.41) is 10.2. The SMILES string of the molecule is CC(=O)COc1cc(C)c(Oc2ccc(O)c(S(=O)(=O)c3ccccc3)c2)c(C)c1. The molecule has 0 atom stereocenters. The number of carbonyl (C=O) groups is 1. The lowest BCUT2D eigenvalue weighted by Crippen LogP contribution is -2.07. The summed E-state index contributed by atoms with van der Waals surface area (Å²) in [7, 11) is -3.91. The van der Waals surface area contributed by atoms with Crippen LogP contribution in [-0.4, -0.2) is 25.9 Å². The van der Waals surface area contributed by atoms with Crippen molar-refractivity contribution < 1.29 is 27.8 Å². The van der Waals surface area contributed by atoms with Gasteiger partial charge in [0.05, 0.1) is 4.90 Å². The van der Waals surface area contributed by atoms with Crippen LogP contribution in [0.3, 0.4) is 0 Å². The Balaban J connectivity index is 1.94. The van der Waals surface area contributed by atoms with Crippen LogP contribution in [0.1, 0.15) is 18.1 Å². The standard InChI is InChI=1S/C23H22O6S/c1-15-11-19(28-14-17(3)24)12-16(2)23(15)29-18-9-10-21(25)22(13-18)30(26,27)20-7-5-4-6-8-20/h4-13,25H,14H2,1-3H3. The number of phenolic OH excluding ortho intramolecular Hbond substituents is 1. The van der Waals surface area contributed by atoms with E-state index in [4.69, 9.17) is 9.47 Å². The molecule has 0 aliphatic rings.